The molecule has 0 atom stereocenters. The number of rotatable bonds is 3. The van der Waals surface area contributed by atoms with E-state index in [2.05, 4.69) is 17.3 Å². The Bertz CT molecular complexity index is 266. The molecule has 1 saturated carbocycles. The van der Waals surface area contributed by atoms with Gasteiger partial charge in [-0.15, -0.1) is 0 Å². The fourth-order valence-electron chi connectivity index (χ4n) is 3.13. The van der Waals surface area contributed by atoms with Crippen molar-refractivity contribution in [2.75, 3.05) is 26.7 Å². The number of amides is 1. The second-order valence-electron chi connectivity index (χ2n) is 6.04. The second kappa shape index (κ2) is 6.53. The molecule has 1 heterocycles. The first-order chi connectivity index (χ1) is 8.69. The SMILES string of the molecule is CN1CCC(NC(=O)C2CCC(CN)CC2)CC1. The van der Waals surface area contributed by atoms with Crippen molar-refractivity contribution >= 4 is 5.91 Å². The Balaban J connectivity index is 1.72. The quantitative estimate of drug-likeness (QED) is 0.788. The highest BCUT2D eigenvalue weighted by Crippen LogP contribution is 2.28. The van der Waals surface area contributed by atoms with Crippen LogP contribution in [0.15, 0.2) is 0 Å². The fourth-order valence-corrected chi connectivity index (χ4v) is 3.13. The van der Waals surface area contributed by atoms with Crippen LogP contribution in [0.5, 0.6) is 0 Å². The van der Waals surface area contributed by atoms with Gasteiger partial charge in [0.1, 0.15) is 0 Å². The third-order valence-electron chi connectivity index (χ3n) is 4.62. The molecule has 0 radical (unpaired) electrons. The van der Waals surface area contributed by atoms with Crippen LogP contribution < -0.4 is 11.1 Å². The van der Waals surface area contributed by atoms with Gasteiger partial charge in [0, 0.05) is 12.0 Å². The zero-order valence-electron chi connectivity index (χ0n) is 11.5. The number of hydrogen-bond acceptors (Lipinski definition) is 3. The van der Waals surface area contributed by atoms with Gasteiger partial charge in [-0.25, -0.2) is 0 Å². The van der Waals surface area contributed by atoms with E-state index in [1.165, 1.54) is 0 Å². The number of carbonyl (C=O) groups is 1. The fraction of sp³-hybridized carbons (Fsp3) is 0.929. The summed E-state index contributed by atoms with van der Waals surface area (Å²) in [5, 5.41) is 3.25. The molecule has 3 N–H and O–H groups in total. The smallest absolute Gasteiger partial charge is 0.223 e. The van der Waals surface area contributed by atoms with E-state index in [4.69, 9.17) is 5.73 Å². The monoisotopic (exact) mass is 253 g/mol. The molecule has 2 fully saturated rings. The van der Waals surface area contributed by atoms with Gasteiger partial charge in [0.2, 0.25) is 5.91 Å². The van der Waals surface area contributed by atoms with Crippen LogP contribution in [0.25, 0.3) is 0 Å². The van der Waals surface area contributed by atoms with Crippen LogP contribution >= 0.6 is 0 Å². The average Bonchev–Trinajstić information content (AvgIpc) is 2.41. The molecule has 0 bridgehead atoms. The number of nitrogens with zero attached hydrogens (tertiary/aromatic N) is 1. The number of nitrogens with two attached hydrogens (primary N) is 1. The minimum Gasteiger partial charge on any atom is -0.353 e. The average molecular weight is 253 g/mol. The van der Waals surface area contributed by atoms with E-state index in [-0.39, 0.29) is 5.92 Å². The van der Waals surface area contributed by atoms with E-state index in [9.17, 15) is 4.79 Å². The van der Waals surface area contributed by atoms with Crippen molar-refractivity contribution in [3.63, 3.8) is 0 Å². The number of nitrogens with one attached hydrogen (secondary N) is 1. The Morgan fingerprint density at radius 1 is 1.17 bits per heavy atom. The van der Waals surface area contributed by atoms with Crippen molar-refractivity contribution < 1.29 is 4.79 Å². The van der Waals surface area contributed by atoms with Crippen molar-refractivity contribution in [3.8, 4) is 0 Å². The Labute approximate surface area is 110 Å². The maximum absolute atomic E-state index is 12.2. The third-order valence-corrected chi connectivity index (χ3v) is 4.62. The summed E-state index contributed by atoms with van der Waals surface area (Å²) < 4.78 is 0. The molecule has 1 saturated heterocycles. The number of carbonyl (C=O) groups excluding carboxylic acids is 1. The Kier molecular flexibility index (Phi) is 5.01. The Morgan fingerprint density at radius 3 is 2.33 bits per heavy atom. The van der Waals surface area contributed by atoms with Crippen molar-refractivity contribution in [2.24, 2.45) is 17.6 Å². The molecular weight excluding hydrogens is 226 g/mol. The summed E-state index contributed by atoms with van der Waals surface area (Å²) >= 11 is 0. The first-order valence-electron chi connectivity index (χ1n) is 7.38. The molecule has 1 aliphatic carbocycles. The van der Waals surface area contributed by atoms with Gasteiger partial charge in [0.25, 0.3) is 0 Å². The molecule has 2 rings (SSSR count). The van der Waals surface area contributed by atoms with Gasteiger partial charge >= 0.3 is 0 Å². The number of piperidine rings is 1. The summed E-state index contributed by atoms with van der Waals surface area (Å²) in [4.78, 5) is 14.5. The van der Waals surface area contributed by atoms with Crippen LogP contribution in [0, 0.1) is 11.8 Å². The van der Waals surface area contributed by atoms with Crippen molar-refractivity contribution in [2.45, 2.75) is 44.6 Å². The zero-order chi connectivity index (χ0) is 13.0. The maximum Gasteiger partial charge on any atom is 0.223 e. The molecule has 0 aromatic carbocycles. The van der Waals surface area contributed by atoms with Crippen molar-refractivity contribution in [1.29, 1.82) is 0 Å². The Hall–Kier alpha value is -0.610. The van der Waals surface area contributed by atoms with Crippen LogP contribution in [0.3, 0.4) is 0 Å². The van der Waals surface area contributed by atoms with Gasteiger partial charge in [-0.1, -0.05) is 0 Å². The molecule has 4 heteroatoms. The largest absolute Gasteiger partial charge is 0.353 e. The van der Waals surface area contributed by atoms with Crippen molar-refractivity contribution in [1.82, 2.24) is 10.2 Å². The summed E-state index contributed by atoms with van der Waals surface area (Å²) in [5.74, 6) is 1.19. The van der Waals surface area contributed by atoms with E-state index in [0.29, 0.717) is 17.9 Å². The molecule has 18 heavy (non-hydrogen) atoms. The summed E-state index contributed by atoms with van der Waals surface area (Å²) in [5.41, 5.74) is 5.68. The number of likely N-dealkylation sites (tertiary alicyclic amines) is 1. The number of hydrogen-bond donors (Lipinski definition) is 2. The van der Waals surface area contributed by atoms with E-state index in [1.807, 2.05) is 0 Å². The normalized spacial score (nSPS) is 31.2. The molecule has 2 aliphatic rings. The minimum absolute atomic E-state index is 0.243. The van der Waals surface area contributed by atoms with Crippen LogP contribution in [-0.2, 0) is 4.79 Å². The van der Waals surface area contributed by atoms with Crippen LogP contribution in [0.1, 0.15) is 38.5 Å². The lowest BCUT2D eigenvalue weighted by molar-refractivity contribution is -0.127. The van der Waals surface area contributed by atoms with Gasteiger partial charge in [-0.3, -0.25) is 4.79 Å². The summed E-state index contributed by atoms with van der Waals surface area (Å²) in [6.07, 6.45) is 6.51. The molecule has 0 spiro atoms. The lowest BCUT2D eigenvalue weighted by atomic mass is 9.81. The molecule has 0 aromatic rings. The molecule has 0 aromatic heterocycles. The predicted octanol–water partition coefficient (Wildman–Crippen LogP) is 0.962. The molecule has 1 amide bonds. The first-order valence-corrected chi connectivity index (χ1v) is 7.38. The minimum atomic E-state index is 0.243. The highest BCUT2D eigenvalue weighted by molar-refractivity contribution is 5.79. The lowest BCUT2D eigenvalue weighted by Crippen LogP contribution is -2.45. The lowest BCUT2D eigenvalue weighted by Gasteiger charge is -2.32. The van der Waals surface area contributed by atoms with Crippen molar-refractivity contribution in [3.05, 3.63) is 0 Å². The zero-order valence-corrected chi connectivity index (χ0v) is 11.5. The topological polar surface area (TPSA) is 58.4 Å². The second-order valence-corrected chi connectivity index (χ2v) is 6.04. The molecule has 104 valence electrons. The molecule has 4 nitrogen and oxygen atoms in total. The van der Waals surface area contributed by atoms with E-state index in [1.54, 1.807) is 0 Å². The Morgan fingerprint density at radius 2 is 1.78 bits per heavy atom. The van der Waals surface area contributed by atoms with Crippen LogP contribution in [0.2, 0.25) is 0 Å². The van der Waals surface area contributed by atoms with Gasteiger partial charge < -0.3 is 16.0 Å². The third kappa shape index (κ3) is 3.69. The summed E-state index contributed by atoms with van der Waals surface area (Å²) in [7, 11) is 2.14. The van der Waals surface area contributed by atoms with Gasteiger partial charge in [-0.05, 0) is 71.1 Å². The molecule has 1 aliphatic heterocycles. The molecule has 0 unspecified atom stereocenters. The van der Waals surface area contributed by atoms with Crippen LogP contribution in [0.4, 0.5) is 0 Å². The van der Waals surface area contributed by atoms with Gasteiger partial charge in [0.05, 0.1) is 0 Å². The van der Waals surface area contributed by atoms with E-state index in [0.717, 1.165) is 58.2 Å². The van der Waals surface area contributed by atoms with Gasteiger partial charge in [0.15, 0.2) is 0 Å². The summed E-state index contributed by atoms with van der Waals surface area (Å²) in [6, 6.07) is 0.404. The van der Waals surface area contributed by atoms with Crippen LogP contribution in [-0.4, -0.2) is 43.5 Å². The summed E-state index contributed by atoms with van der Waals surface area (Å²) in [6.45, 7) is 2.99. The van der Waals surface area contributed by atoms with E-state index < -0.39 is 0 Å². The molecular formula is C14H27N3O. The predicted molar refractivity (Wildman–Crippen MR) is 73.2 cm³/mol. The van der Waals surface area contributed by atoms with Gasteiger partial charge in [-0.2, -0.15) is 0 Å². The maximum atomic E-state index is 12.2. The van der Waals surface area contributed by atoms with E-state index >= 15 is 0 Å². The highest BCUT2D eigenvalue weighted by Gasteiger charge is 2.27. The highest BCUT2D eigenvalue weighted by atomic mass is 16.1. The first kappa shape index (κ1) is 13.8. The standard InChI is InChI=1S/C14H27N3O/c1-17-8-6-13(7-9-17)16-14(18)12-4-2-11(10-15)3-5-12/h11-13H,2-10,15H2,1H3,(H,16,18).